The number of carbonyl (C=O) groups is 2. The first-order valence-electron chi connectivity index (χ1n) is 10.6. The first kappa shape index (κ1) is 23.2. The fraction of sp³-hybridized carbons (Fsp3) is 0.280. The summed E-state index contributed by atoms with van der Waals surface area (Å²) in [6, 6.07) is 4.71. The second kappa shape index (κ2) is 9.11. The zero-order valence-electron chi connectivity index (χ0n) is 18.9. The Balaban J connectivity index is 1.98. The number of phenolic OH excluding ortho intramolecular Hbond substituents is 2. The van der Waals surface area contributed by atoms with Crippen LogP contribution in [0, 0.1) is 6.92 Å². The number of aromatic hydroxyl groups is 3. The fourth-order valence-corrected chi connectivity index (χ4v) is 4.28. The summed E-state index contributed by atoms with van der Waals surface area (Å²) in [5.74, 6) is -2.77. The van der Waals surface area contributed by atoms with Gasteiger partial charge in [-0.1, -0.05) is 6.07 Å². The second-order valence-corrected chi connectivity index (χ2v) is 8.12. The number of phenols is 2. The summed E-state index contributed by atoms with van der Waals surface area (Å²) in [5, 5.41) is 33.2. The molecule has 0 saturated carbocycles. The maximum absolute atomic E-state index is 12.5. The molecule has 0 amide bonds. The molecule has 0 fully saturated rings. The lowest BCUT2D eigenvalue weighted by molar-refractivity contribution is -0.140. The molecule has 9 nitrogen and oxygen atoms in total. The molecule has 9 heteroatoms. The van der Waals surface area contributed by atoms with Crippen LogP contribution in [0.15, 0.2) is 36.8 Å². The number of pyridine rings is 2. The van der Waals surface area contributed by atoms with Gasteiger partial charge in [-0.15, -0.1) is 0 Å². The van der Waals surface area contributed by atoms with Crippen LogP contribution in [0.25, 0.3) is 0 Å². The van der Waals surface area contributed by atoms with Crippen LogP contribution in [-0.2, 0) is 20.9 Å². The van der Waals surface area contributed by atoms with Gasteiger partial charge in [-0.25, -0.2) is 0 Å². The molecule has 0 bridgehead atoms. The number of hydrogen-bond acceptors (Lipinski definition) is 9. The number of carbonyl (C=O) groups excluding carboxylic acids is 2. The SMILES string of the molecule is COC(=O)CC(c1cccnc1)c1c(O)c(C(C)=O)cc(C2OCc3cnc(C)c(O)c32)c1O. The zero-order valence-corrected chi connectivity index (χ0v) is 18.9. The van der Waals surface area contributed by atoms with Gasteiger partial charge in [-0.05, 0) is 31.5 Å². The summed E-state index contributed by atoms with van der Waals surface area (Å²) in [6.45, 7) is 3.07. The van der Waals surface area contributed by atoms with Crippen molar-refractivity contribution in [1.82, 2.24) is 9.97 Å². The van der Waals surface area contributed by atoms with Crippen molar-refractivity contribution in [3.8, 4) is 17.2 Å². The van der Waals surface area contributed by atoms with E-state index >= 15 is 0 Å². The maximum Gasteiger partial charge on any atom is 0.306 e. The Hall–Kier alpha value is -3.98. The van der Waals surface area contributed by atoms with Crippen molar-refractivity contribution >= 4 is 11.8 Å². The molecular formula is C25H24N2O7. The van der Waals surface area contributed by atoms with Crippen LogP contribution >= 0.6 is 0 Å². The fourth-order valence-electron chi connectivity index (χ4n) is 4.28. The molecule has 0 spiro atoms. The van der Waals surface area contributed by atoms with Gasteiger partial charge in [0.2, 0.25) is 0 Å². The van der Waals surface area contributed by atoms with E-state index in [-0.39, 0.29) is 41.2 Å². The van der Waals surface area contributed by atoms with E-state index in [0.29, 0.717) is 22.4 Å². The van der Waals surface area contributed by atoms with E-state index in [1.807, 2.05) is 0 Å². The third-order valence-corrected chi connectivity index (χ3v) is 6.06. The van der Waals surface area contributed by atoms with E-state index in [2.05, 4.69) is 9.97 Å². The van der Waals surface area contributed by atoms with Crippen LogP contribution in [0.4, 0.5) is 0 Å². The molecule has 2 unspecified atom stereocenters. The Labute approximate surface area is 195 Å². The smallest absolute Gasteiger partial charge is 0.306 e. The number of methoxy groups -OCH3 is 1. The number of benzene rings is 1. The molecule has 1 aromatic carbocycles. The van der Waals surface area contributed by atoms with Gasteiger partial charge >= 0.3 is 5.97 Å². The Morgan fingerprint density at radius 1 is 1.21 bits per heavy atom. The minimum Gasteiger partial charge on any atom is -0.507 e. The predicted octanol–water partition coefficient (Wildman–Crippen LogP) is 3.42. The molecular weight excluding hydrogens is 440 g/mol. The molecule has 0 saturated heterocycles. The van der Waals surface area contributed by atoms with Crippen molar-refractivity contribution in [3.05, 3.63) is 75.9 Å². The summed E-state index contributed by atoms with van der Waals surface area (Å²) >= 11 is 0. The first-order valence-corrected chi connectivity index (χ1v) is 10.6. The lowest BCUT2D eigenvalue weighted by atomic mass is 9.83. The molecule has 3 N–H and O–H groups in total. The van der Waals surface area contributed by atoms with E-state index in [1.165, 1.54) is 26.3 Å². The van der Waals surface area contributed by atoms with Crippen molar-refractivity contribution in [2.24, 2.45) is 0 Å². The topological polar surface area (TPSA) is 139 Å². The highest BCUT2D eigenvalue weighted by Gasteiger charge is 2.36. The molecule has 3 heterocycles. The second-order valence-electron chi connectivity index (χ2n) is 8.12. The lowest BCUT2D eigenvalue weighted by Gasteiger charge is -2.24. The molecule has 2 aromatic heterocycles. The number of ketones is 1. The van der Waals surface area contributed by atoms with Crippen molar-refractivity contribution < 1.29 is 34.4 Å². The average molecular weight is 464 g/mol. The van der Waals surface area contributed by atoms with E-state index in [0.717, 1.165) is 0 Å². The minimum atomic E-state index is -0.915. The average Bonchev–Trinajstić information content (AvgIpc) is 3.25. The summed E-state index contributed by atoms with van der Waals surface area (Å²) in [7, 11) is 1.24. The standard InChI is InChI=1S/C25H24N2O7/c1-12-22(30)20-15(10-27-12)11-34-25(20)18-7-16(13(2)28)23(31)21(24(18)32)17(8-19(29)33-3)14-5-4-6-26-9-14/h4-7,9-10,17,25,30-32H,8,11H2,1-3H3. The number of aromatic nitrogens is 2. The largest absolute Gasteiger partial charge is 0.507 e. The third-order valence-electron chi connectivity index (χ3n) is 6.06. The highest BCUT2D eigenvalue weighted by molar-refractivity contribution is 5.98. The normalized spacial score (nSPS) is 15.6. The number of rotatable bonds is 6. The first-order chi connectivity index (χ1) is 16.2. The molecule has 34 heavy (non-hydrogen) atoms. The Kier molecular flexibility index (Phi) is 6.21. The van der Waals surface area contributed by atoms with E-state index < -0.39 is 29.5 Å². The number of ether oxygens (including phenoxy) is 2. The molecule has 3 aromatic rings. The summed E-state index contributed by atoms with van der Waals surface area (Å²) in [4.78, 5) is 32.9. The van der Waals surface area contributed by atoms with Gasteiger partial charge in [-0.3, -0.25) is 19.6 Å². The van der Waals surface area contributed by atoms with Gasteiger partial charge < -0.3 is 24.8 Å². The summed E-state index contributed by atoms with van der Waals surface area (Å²) in [5.41, 5.74) is 2.09. The van der Waals surface area contributed by atoms with Crippen LogP contribution in [0.2, 0.25) is 0 Å². The van der Waals surface area contributed by atoms with E-state index in [9.17, 15) is 24.9 Å². The summed E-state index contributed by atoms with van der Waals surface area (Å²) < 4.78 is 10.7. The van der Waals surface area contributed by atoms with Gasteiger partial charge in [-0.2, -0.15) is 0 Å². The molecule has 1 aliphatic heterocycles. The van der Waals surface area contributed by atoms with Crippen LogP contribution < -0.4 is 0 Å². The van der Waals surface area contributed by atoms with Crippen molar-refractivity contribution in [2.75, 3.05) is 7.11 Å². The number of esters is 1. The molecule has 2 atom stereocenters. The molecule has 0 aliphatic carbocycles. The van der Waals surface area contributed by atoms with Gasteiger partial charge in [0.05, 0.1) is 31.4 Å². The highest BCUT2D eigenvalue weighted by atomic mass is 16.5. The molecule has 4 rings (SSSR count). The van der Waals surface area contributed by atoms with Crippen LogP contribution in [0.5, 0.6) is 17.2 Å². The van der Waals surface area contributed by atoms with Crippen molar-refractivity contribution in [1.29, 1.82) is 0 Å². The number of fused-ring (bicyclic) bond motifs is 1. The summed E-state index contributed by atoms with van der Waals surface area (Å²) in [6.07, 6.45) is 3.51. The Bertz CT molecular complexity index is 1270. The molecule has 176 valence electrons. The van der Waals surface area contributed by atoms with Gasteiger partial charge in [0, 0.05) is 46.8 Å². The number of nitrogens with zero attached hydrogens (tertiary/aromatic N) is 2. The van der Waals surface area contributed by atoms with Crippen LogP contribution in [-0.4, -0.2) is 44.1 Å². The number of hydrogen-bond donors (Lipinski definition) is 3. The monoisotopic (exact) mass is 464 g/mol. The van der Waals surface area contributed by atoms with E-state index in [1.54, 1.807) is 31.5 Å². The predicted molar refractivity (Wildman–Crippen MR) is 120 cm³/mol. The molecule has 0 radical (unpaired) electrons. The minimum absolute atomic E-state index is 0.0246. The maximum atomic E-state index is 12.5. The Morgan fingerprint density at radius 2 is 1.97 bits per heavy atom. The lowest BCUT2D eigenvalue weighted by Crippen LogP contribution is -2.13. The van der Waals surface area contributed by atoms with Crippen molar-refractivity contribution in [2.45, 2.75) is 38.9 Å². The Morgan fingerprint density at radius 3 is 2.62 bits per heavy atom. The molecule has 1 aliphatic rings. The third kappa shape index (κ3) is 3.94. The van der Waals surface area contributed by atoms with E-state index in [4.69, 9.17) is 9.47 Å². The van der Waals surface area contributed by atoms with Gasteiger partial charge in [0.25, 0.3) is 0 Å². The number of aryl methyl sites for hydroxylation is 1. The highest BCUT2D eigenvalue weighted by Crippen LogP contribution is 2.50. The quantitative estimate of drug-likeness (QED) is 0.370. The van der Waals surface area contributed by atoms with Gasteiger partial charge in [0.1, 0.15) is 23.4 Å². The van der Waals surface area contributed by atoms with Gasteiger partial charge in [0.15, 0.2) is 5.78 Å². The van der Waals surface area contributed by atoms with Crippen molar-refractivity contribution in [3.63, 3.8) is 0 Å². The van der Waals surface area contributed by atoms with Crippen LogP contribution in [0.3, 0.4) is 0 Å². The van der Waals surface area contributed by atoms with Crippen LogP contribution in [0.1, 0.15) is 69.2 Å². The number of Topliss-reactive ketones (excluding diaryl/α,β-unsaturated/α-hetero) is 1. The zero-order chi connectivity index (χ0) is 24.6.